The van der Waals surface area contributed by atoms with Gasteiger partial charge in [-0.25, -0.2) is 0 Å². The highest BCUT2D eigenvalue weighted by Gasteiger charge is 2.18. The number of hydrogen-bond acceptors (Lipinski definition) is 3. The maximum Gasteiger partial charge on any atom is 0.225 e. The van der Waals surface area contributed by atoms with Crippen molar-refractivity contribution < 1.29 is 9.00 Å². The highest BCUT2D eigenvalue weighted by atomic mass is 35.5. The number of nitrogens with one attached hydrogen (secondary N) is 1. The molecular formula is C15H21ClN2O2S. The number of carbonyl (C=O) groups excluding carboxylic acids is 1. The molecule has 1 unspecified atom stereocenters. The van der Waals surface area contributed by atoms with E-state index in [0.717, 1.165) is 5.75 Å². The lowest BCUT2D eigenvalue weighted by Crippen LogP contribution is -2.18. The molecule has 6 heteroatoms. The van der Waals surface area contributed by atoms with Gasteiger partial charge in [0.05, 0.1) is 11.4 Å². The van der Waals surface area contributed by atoms with E-state index in [4.69, 9.17) is 17.3 Å². The van der Waals surface area contributed by atoms with Crippen molar-refractivity contribution in [3.05, 3.63) is 23.2 Å². The van der Waals surface area contributed by atoms with Crippen LogP contribution in [0.2, 0.25) is 5.02 Å². The molecule has 21 heavy (non-hydrogen) atoms. The summed E-state index contributed by atoms with van der Waals surface area (Å²) in [5, 5.41) is 3.24. The molecule has 3 N–H and O–H groups in total. The van der Waals surface area contributed by atoms with E-state index >= 15 is 0 Å². The molecule has 0 spiro atoms. The minimum atomic E-state index is -0.916. The van der Waals surface area contributed by atoms with Crippen LogP contribution < -0.4 is 11.1 Å². The van der Waals surface area contributed by atoms with E-state index in [1.807, 2.05) is 0 Å². The number of nitrogens with two attached hydrogens (primary N) is 1. The minimum Gasteiger partial charge on any atom is -0.397 e. The first kappa shape index (κ1) is 16.3. The summed E-state index contributed by atoms with van der Waals surface area (Å²) in [6, 6.07) is 4.93. The summed E-state index contributed by atoms with van der Waals surface area (Å²) < 4.78 is 12.0. The van der Waals surface area contributed by atoms with Crippen molar-refractivity contribution in [3.63, 3.8) is 0 Å². The Morgan fingerprint density at radius 1 is 1.38 bits per heavy atom. The summed E-state index contributed by atoms with van der Waals surface area (Å²) in [5.41, 5.74) is 6.75. The van der Waals surface area contributed by atoms with Gasteiger partial charge in [0.15, 0.2) is 0 Å². The molecule has 1 aromatic carbocycles. The van der Waals surface area contributed by atoms with E-state index in [2.05, 4.69) is 5.32 Å². The van der Waals surface area contributed by atoms with Crippen molar-refractivity contribution in [1.82, 2.24) is 0 Å². The molecule has 1 aliphatic rings. The molecule has 1 aliphatic carbocycles. The van der Waals surface area contributed by atoms with Crippen molar-refractivity contribution in [3.8, 4) is 0 Å². The number of hydrogen-bond donors (Lipinski definition) is 2. The fourth-order valence-electron chi connectivity index (χ4n) is 2.58. The molecule has 1 saturated carbocycles. The molecule has 0 bridgehead atoms. The van der Waals surface area contributed by atoms with Crippen molar-refractivity contribution in [2.75, 3.05) is 22.6 Å². The fourth-order valence-corrected chi connectivity index (χ4v) is 4.19. The summed E-state index contributed by atoms with van der Waals surface area (Å²) in [6.07, 6.45) is 5.09. The zero-order valence-corrected chi connectivity index (χ0v) is 13.5. The molecule has 0 radical (unpaired) electrons. The van der Waals surface area contributed by atoms with Crippen molar-refractivity contribution in [2.45, 2.75) is 32.1 Å². The van der Waals surface area contributed by atoms with Gasteiger partial charge in [-0.15, -0.1) is 0 Å². The Labute approximate surface area is 132 Å². The molecule has 1 atom stereocenters. The standard InChI is InChI=1S/C15H21ClN2O2S/c16-12-5-6-13(17)14(9-12)18-15(19)7-8-21(20)10-11-3-1-2-4-11/h5-6,9,11H,1-4,7-8,10,17H2,(H,18,19). The maximum absolute atomic E-state index is 12.0. The van der Waals surface area contributed by atoms with Gasteiger partial charge in [0.25, 0.3) is 0 Å². The van der Waals surface area contributed by atoms with Gasteiger partial charge >= 0.3 is 0 Å². The summed E-state index contributed by atoms with van der Waals surface area (Å²) in [6.45, 7) is 0. The van der Waals surface area contributed by atoms with Crippen molar-refractivity contribution in [2.24, 2.45) is 5.92 Å². The third-order valence-electron chi connectivity index (χ3n) is 3.74. The highest BCUT2D eigenvalue weighted by molar-refractivity contribution is 7.85. The average Bonchev–Trinajstić information content (AvgIpc) is 2.93. The van der Waals surface area contributed by atoms with Crippen LogP contribution in [0.4, 0.5) is 11.4 Å². The topological polar surface area (TPSA) is 72.2 Å². The lowest BCUT2D eigenvalue weighted by Gasteiger charge is -2.10. The first-order valence-electron chi connectivity index (χ1n) is 7.24. The Morgan fingerprint density at radius 3 is 2.81 bits per heavy atom. The first-order valence-corrected chi connectivity index (χ1v) is 9.11. The Hall–Kier alpha value is -1.07. The van der Waals surface area contributed by atoms with E-state index in [-0.39, 0.29) is 12.3 Å². The monoisotopic (exact) mass is 328 g/mol. The van der Waals surface area contributed by atoms with Gasteiger partial charge in [0, 0.05) is 33.7 Å². The van der Waals surface area contributed by atoms with Gasteiger partial charge in [-0.1, -0.05) is 24.4 Å². The zero-order chi connectivity index (χ0) is 15.2. The normalized spacial score (nSPS) is 16.8. The number of amides is 1. The van der Waals surface area contributed by atoms with Gasteiger partial charge in [0.2, 0.25) is 5.91 Å². The van der Waals surface area contributed by atoms with Crippen LogP contribution in [0.25, 0.3) is 0 Å². The summed E-state index contributed by atoms with van der Waals surface area (Å²) >= 11 is 5.87. The quantitative estimate of drug-likeness (QED) is 0.788. The van der Waals surface area contributed by atoms with Gasteiger partial charge in [0.1, 0.15) is 0 Å². The first-order chi connectivity index (χ1) is 10.0. The van der Waals surface area contributed by atoms with Crippen LogP contribution in [-0.4, -0.2) is 21.6 Å². The molecule has 4 nitrogen and oxygen atoms in total. The van der Waals surface area contributed by atoms with Gasteiger partial charge in [-0.2, -0.15) is 0 Å². The predicted molar refractivity (Wildman–Crippen MR) is 88.9 cm³/mol. The fraction of sp³-hybridized carbons (Fsp3) is 0.533. The largest absolute Gasteiger partial charge is 0.397 e. The molecule has 1 aromatic rings. The second kappa shape index (κ2) is 7.80. The van der Waals surface area contributed by atoms with Crippen LogP contribution in [0, 0.1) is 5.92 Å². The third-order valence-corrected chi connectivity index (χ3v) is 5.48. The van der Waals surface area contributed by atoms with E-state index in [1.54, 1.807) is 18.2 Å². The molecular weight excluding hydrogens is 308 g/mol. The number of rotatable bonds is 6. The Bertz CT molecular complexity index is 530. The summed E-state index contributed by atoms with van der Waals surface area (Å²) in [7, 11) is -0.916. The highest BCUT2D eigenvalue weighted by Crippen LogP contribution is 2.25. The second-order valence-electron chi connectivity index (χ2n) is 5.49. The number of carbonyl (C=O) groups is 1. The number of nitrogen functional groups attached to an aromatic ring is 1. The minimum absolute atomic E-state index is 0.177. The van der Waals surface area contributed by atoms with E-state index in [1.165, 1.54) is 25.7 Å². The van der Waals surface area contributed by atoms with E-state index in [9.17, 15) is 9.00 Å². The summed E-state index contributed by atoms with van der Waals surface area (Å²) in [4.78, 5) is 11.9. The van der Waals surface area contributed by atoms with Crippen LogP contribution in [-0.2, 0) is 15.6 Å². The van der Waals surface area contributed by atoms with Gasteiger partial charge in [-0.05, 0) is 37.0 Å². The molecule has 1 amide bonds. The van der Waals surface area contributed by atoms with Crippen LogP contribution in [0.3, 0.4) is 0 Å². The molecule has 2 rings (SSSR count). The van der Waals surface area contributed by atoms with Crippen LogP contribution >= 0.6 is 11.6 Å². The molecule has 1 fully saturated rings. The van der Waals surface area contributed by atoms with Crippen LogP contribution in [0.5, 0.6) is 0 Å². The van der Waals surface area contributed by atoms with Crippen molar-refractivity contribution >= 4 is 39.7 Å². The lowest BCUT2D eigenvalue weighted by atomic mass is 10.1. The number of anilines is 2. The number of benzene rings is 1. The molecule has 0 heterocycles. The second-order valence-corrected chi connectivity index (χ2v) is 7.55. The smallest absolute Gasteiger partial charge is 0.225 e. The van der Waals surface area contributed by atoms with Gasteiger partial charge in [-0.3, -0.25) is 9.00 Å². The van der Waals surface area contributed by atoms with Crippen molar-refractivity contribution in [1.29, 1.82) is 0 Å². The van der Waals surface area contributed by atoms with Crippen LogP contribution in [0.1, 0.15) is 32.1 Å². The zero-order valence-electron chi connectivity index (χ0n) is 11.9. The maximum atomic E-state index is 12.0. The third kappa shape index (κ3) is 5.32. The van der Waals surface area contributed by atoms with E-state index in [0.29, 0.717) is 28.1 Å². The molecule has 116 valence electrons. The van der Waals surface area contributed by atoms with E-state index < -0.39 is 10.8 Å². The Morgan fingerprint density at radius 2 is 2.10 bits per heavy atom. The molecule has 0 saturated heterocycles. The Kier molecular flexibility index (Phi) is 6.06. The molecule has 0 aromatic heterocycles. The lowest BCUT2D eigenvalue weighted by molar-refractivity contribution is -0.115. The van der Waals surface area contributed by atoms with Gasteiger partial charge < -0.3 is 11.1 Å². The number of halogens is 1. The predicted octanol–water partition coefficient (Wildman–Crippen LogP) is 3.19. The van der Waals surface area contributed by atoms with Crippen LogP contribution in [0.15, 0.2) is 18.2 Å². The summed E-state index contributed by atoms with van der Waals surface area (Å²) in [5.74, 6) is 1.54. The molecule has 0 aliphatic heterocycles. The SMILES string of the molecule is Nc1ccc(Cl)cc1NC(=O)CCS(=O)CC1CCCC1. The average molecular weight is 329 g/mol. The Balaban J connectivity index is 1.76.